The summed E-state index contributed by atoms with van der Waals surface area (Å²) >= 11 is 0. The molecule has 172 valence electrons. The number of amides is 3. The number of hydrogen-bond donors (Lipinski definition) is 2. The topological polar surface area (TPSA) is 88.5 Å². The van der Waals surface area contributed by atoms with Gasteiger partial charge in [0.15, 0.2) is 0 Å². The Morgan fingerprint density at radius 2 is 1.85 bits per heavy atom. The Morgan fingerprint density at radius 3 is 2.45 bits per heavy atom. The quantitative estimate of drug-likeness (QED) is 0.545. The third-order valence-corrected chi connectivity index (χ3v) is 5.34. The molecular weight excluding hydrogens is 425 g/mol. The predicted molar refractivity (Wildman–Crippen MR) is 123 cm³/mol. The number of halogens is 1. The molecule has 4 rings (SSSR count). The molecule has 8 nitrogen and oxygen atoms in total. The zero-order valence-electron chi connectivity index (χ0n) is 18.5. The zero-order chi connectivity index (χ0) is 23.4. The first-order valence-corrected chi connectivity index (χ1v) is 10.8. The number of methoxy groups -OCH3 is 1. The van der Waals surface area contributed by atoms with E-state index >= 15 is 0 Å². The van der Waals surface area contributed by atoms with Crippen molar-refractivity contribution in [1.82, 2.24) is 19.8 Å². The van der Waals surface area contributed by atoms with Crippen LogP contribution in [0.4, 0.5) is 15.1 Å². The van der Waals surface area contributed by atoms with Crippen molar-refractivity contribution in [2.75, 3.05) is 25.5 Å². The molecule has 3 aromatic rings. The van der Waals surface area contributed by atoms with Crippen molar-refractivity contribution >= 4 is 17.9 Å². The Bertz CT molecular complexity index is 1120. The number of imidazole rings is 1. The number of rotatable bonds is 8. The number of carbonyl (C=O) groups is 2. The van der Waals surface area contributed by atoms with Gasteiger partial charge >= 0.3 is 6.03 Å². The SMILES string of the molecule is CCNC(=O)N(CC(=O)Nc1nc(-c2ccc(OC)cc2)cn1-c1ccc(F)cc1)C1CC1. The van der Waals surface area contributed by atoms with Gasteiger partial charge in [0.2, 0.25) is 11.9 Å². The number of nitrogens with zero attached hydrogens (tertiary/aromatic N) is 3. The lowest BCUT2D eigenvalue weighted by molar-refractivity contribution is -0.117. The standard InChI is InChI=1S/C24H26FN5O3/c1-3-26-24(32)30(19-10-11-19)15-22(31)28-23-27-21(16-4-12-20(33-2)13-5-16)14-29(23)18-8-6-17(25)7-9-18/h4-9,12-14,19H,3,10-11,15H2,1-2H3,(H,26,32)(H,27,28,31). The molecule has 0 aliphatic heterocycles. The van der Waals surface area contributed by atoms with Gasteiger partial charge in [0.05, 0.1) is 12.8 Å². The van der Waals surface area contributed by atoms with Crippen LogP contribution in [-0.4, -0.2) is 52.6 Å². The molecule has 2 aromatic carbocycles. The van der Waals surface area contributed by atoms with Crippen LogP contribution in [-0.2, 0) is 4.79 Å². The largest absolute Gasteiger partial charge is 0.497 e. The number of aromatic nitrogens is 2. The molecule has 1 saturated carbocycles. The fourth-order valence-electron chi connectivity index (χ4n) is 3.49. The van der Waals surface area contributed by atoms with Gasteiger partial charge in [0, 0.05) is 30.0 Å². The van der Waals surface area contributed by atoms with Crippen LogP contribution >= 0.6 is 0 Å². The van der Waals surface area contributed by atoms with Crippen LogP contribution in [0.1, 0.15) is 19.8 Å². The Labute approximate surface area is 191 Å². The average molecular weight is 452 g/mol. The highest BCUT2D eigenvalue weighted by Gasteiger charge is 2.34. The minimum atomic E-state index is -0.359. The molecule has 0 spiro atoms. The molecule has 1 aliphatic carbocycles. The zero-order valence-corrected chi connectivity index (χ0v) is 18.5. The third-order valence-electron chi connectivity index (χ3n) is 5.34. The third kappa shape index (κ3) is 5.31. The summed E-state index contributed by atoms with van der Waals surface area (Å²) in [5.41, 5.74) is 2.09. The lowest BCUT2D eigenvalue weighted by Gasteiger charge is -2.21. The van der Waals surface area contributed by atoms with E-state index in [1.165, 1.54) is 12.1 Å². The second kappa shape index (κ2) is 9.72. The molecule has 1 fully saturated rings. The molecule has 0 unspecified atom stereocenters. The average Bonchev–Trinajstić information content (AvgIpc) is 3.58. The molecule has 0 bridgehead atoms. The van der Waals surface area contributed by atoms with Gasteiger partial charge in [-0.05, 0) is 68.3 Å². The summed E-state index contributed by atoms with van der Waals surface area (Å²) in [6.45, 7) is 2.25. The van der Waals surface area contributed by atoms with Crippen molar-refractivity contribution in [1.29, 1.82) is 0 Å². The monoisotopic (exact) mass is 451 g/mol. The maximum absolute atomic E-state index is 13.5. The highest BCUT2D eigenvalue weighted by atomic mass is 19.1. The Balaban J connectivity index is 1.61. The summed E-state index contributed by atoms with van der Waals surface area (Å²) < 4.78 is 20.4. The van der Waals surface area contributed by atoms with Gasteiger partial charge in [0.25, 0.3) is 0 Å². The minimum Gasteiger partial charge on any atom is -0.497 e. The molecule has 33 heavy (non-hydrogen) atoms. The van der Waals surface area contributed by atoms with E-state index in [1.807, 2.05) is 31.2 Å². The van der Waals surface area contributed by atoms with E-state index in [4.69, 9.17) is 4.74 Å². The normalized spacial score (nSPS) is 12.8. The van der Waals surface area contributed by atoms with Gasteiger partial charge in [-0.15, -0.1) is 0 Å². The minimum absolute atomic E-state index is 0.0778. The van der Waals surface area contributed by atoms with Gasteiger partial charge in [0.1, 0.15) is 18.1 Å². The molecule has 9 heteroatoms. The van der Waals surface area contributed by atoms with Gasteiger partial charge in [-0.2, -0.15) is 0 Å². The molecule has 2 N–H and O–H groups in total. The Kier molecular flexibility index (Phi) is 6.58. The molecular formula is C24H26FN5O3. The summed E-state index contributed by atoms with van der Waals surface area (Å²) in [6.07, 6.45) is 3.54. The summed E-state index contributed by atoms with van der Waals surface area (Å²) in [5, 5.41) is 5.57. The second-order valence-corrected chi connectivity index (χ2v) is 7.77. The molecule has 3 amide bonds. The Hall–Kier alpha value is -3.88. The molecule has 1 heterocycles. The van der Waals surface area contributed by atoms with Crippen LogP contribution < -0.4 is 15.4 Å². The lowest BCUT2D eigenvalue weighted by atomic mass is 10.1. The number of nitrogens with one attached hydrogen (secondary N) is 2. The van der Waals surface area contributed by atoms with E-state index in [0.717, 1.165) is 24.2 Å². The first-order valence-electron chi connectivity index (χ1n) is 10.8. The van der Waals surface area contributed by atoms with E-state index < -0.39 is 0 Å². The van der Waals surface area contributed by atoms with E-state index in [1.54, 1.807) is 34.9 Å². The smallest absolute Gasteiger partial charge is 0.318 e. The van der Waals surface area contributed by atoms with Crippen molar-refractivity contribution in [2.45, 2.75) is 25.8 Å². The fourth-order valence-corrected chi connectivity index (χ4v) is 3.49. The van der Waals surface area contributed by atoms with Gasteiger partial charge in [-0.3, -0.25) is 14.7 Å². The summed E-state index contributed by atoms with van der Waals surface area (Å²) in [5.74, 6) is 0.282. The maximum atomic E-state index is 13.5. The maximum Gasteiger partial charge on any atom is 0.318 e. The van der Waals surface area contributed by atoms with Crippen LogP contribution in [0.5, 0.6) is 5.75 Å². The van der Waals surface area contributed by atoms with Gasteiger partial charge in [-0.25, -0.2) is 14.2 Å². The number of carbonyl (C=O) groups excluding carboxylic acids is 2. The van der Waals surface area contributed by atoms with Crippen LogP contribution in [0.2, 0.25) is 0 Å². The van der Waals surface area contributed by atoms with Crippen molar-refractivity contribution in [2.24, 2.45) is 0 Å². The van der Waals surface area contributed by atoms with E-state index in [0.29, 0.717) is 17.9 Å². The van der Waals surface area contributed by atoms with Crippen LogP contribution in [0.25, 0.3) is 16.9 Å². The summed E-state index contributed by atoms with van der Waals surface area (Å²) in [6, 6.07) is 13.1. The number of benzene rings is 2. The van der Waals surface area contributed by atoms with Gasteiger partial charge < -0.3 is 15.0 Å². The lowest BCUT2D eigenvalue weighted by Crippen LogP contribution is -2.45. The summed E-state index contributed by atoms with van der Waals surface area (Å²) in [7, 11) is 1.59. The fraction of sp³-hybridized carbons (Fsp3) is 0.292. The predicted octanol–water partition coefficient (Wildman–Crippen LogP) is 3.82. The second-order valence-electron chi connectivity index (χ2n) is 7.77. The van der Waals surface area contributed by atoms with E-state index in [-0.39, 0.29) is 36.3 Å². The van der Waals surface area contributed by atoms with Crippen LogP contribution in [0.15, 0.2) is 54.7 Å². The van der Waals surface area contributed by atoms with E-state index in [9.17, 15) is 14.0 Å². The molecule has 0 atom stereocenters. The van der Waals surface area contributed by atoms with Crippen LogP contribution in [0, 0.1) is 5.82 Å². The molecule has 1 aromatic heterocycles. The number of hydrogen-bond acceptors (Lipinski definition) is 4. The van der Waals surface area contributed by atoms with Crippen molar-refractivity contribution < 1.29 is 18.7 Å². The number of anilines is 1. The van der Waals surface area contributed by atoms with E-state index in [2.05, 4.69) is 15.6 Å². The van der Waals surface area contributed by atoms with Crippen molar-refractivity contribution in [3.63, 3.8) is 0 Å². The Morgan fingerprint density at radius 1 is 1.15 bits per heavy atom. The highest BCUT2D eigenvalue weighted by molar-refractivity contribution is 5.93. The van der Waals surface area contributed by atoms with Gasteiger partial charge in [-0.1, -0.05) is 0 Å². The molecule has 1 aliphatic rings. The number of urea groups is 1. The molecule has 0 saturated heterocycles. The van der Waals surface area contributed by atoms with Crippen LogP contribution in [0.3, 0.4) is 0 Å². The highest BCUT2D eigenvalue weighted by Crippen LogP contribution is 2.28. The first kappa shape index (κ1) is 22.3. The summed E-state index contributed by atoms with van der Waals surface area (Å²) in [4.78, 5) is 31.4. The van der Waals surface area contributed by atoms with Crippen molar-refractivity contribution in [3.05, 3.63) is 60.5 Å². The number of ether oxygens (including phenoxy) is 1. The van der Waals surface area contributed by atoms with Crippen molar-refractivity contribution in [3.8, 4) is 22.7 Å². The first-order chi connectivity index (χ1) is 16.0. The molecule has 0 radical (unpaired) electrons.